The van der Waals surface area contributed by atoms with E-state index in [4.69, 9.17) is 20.3 Å². The van der Waals surface area contributed by atoms with Crippen LogP contribution in [-0.2, 0) is 6.42 Å². The molecule has 0 spiro atoms. The highest BCUT2D eigenvalue weighted by Crippen LogP contribution is 2.31. The lowest BCUT2D eigenvalue weighted by Crippen LogP contribution is -2.26. The molecule has 2 aromatic carbocycles. The third-order valence-electron chi connectivity index (χ3n) is 3.21. The number of methoxy groups -OCH3 is 2. The summed E-state index contributed by atoms with van der Waals surface area (Å²) in [6.45, 7) is -0.0303. The molecule has 2 rings (SSSR count). The standard InChI is InChI=1S/C15H19NO3/c1-18-12-4-5-13-14(8-12)10(7-11(16)9-17)3-6-15(13)19-2/h3-6,8,11,17H,7,9,16H2,1-2H3. The van der Waals surface area contributed by atoms with Crippen LogP contribution in [0.25, 0.3) is 10.8 Å². The Hall–Kier alpha value is -1.78. The average Bonchev–Trinajstić information content (AvgIpc) is 2.46. The highest BCUT2D eigenvalue weighted by molar-refractivity contribution is 5.92. The molecule has 1 atom stereocenters. The Labute approximate surface area is 112 Å². The van der Waals surface area contributed by atoms with E-state index >= 15 is 0 Å². The van der Waals surface area contributed by atoms with E-state index in [0.29, 0.717) is 6.42 Å². The maximum absolute atomic E-state index is 9.10. The van der Waals surface area contributed by atoms with E-state index in [1.165, 1.54) is 0 Å². The van der Waals surface area contributed by atoms with Crippen LogP contribution in [0.3, 0.4) is 0 Å². The summed E-state index contributed by atoms with van der Waals surface area (Å²) in [6.07, 6.45) is 0.615. The molecule has 0 saturated carbocycles. The van der Waals surface area contributed by atoms with E-state index in [2.05, 4.69) is 0 Å². The second kappa shape index (κ2) is 5.91. The average molecular weight is 261 g/mol. The number of hydrogen-bond acceptors (Lipinski definition) is 4. The number of aliphatic hydroxyl groups is 1. The molecule has 0 aromatic heterocycles. The van der Waals surface area contributed by atoms with Gasteiger partial charge in [-0.15, -0.1) is 0 Å². The molecule has 3 N–H and O–H groups in total. The van der Waals surface area contributed by atoms with Crippen molar-refractivity contribution in [2.45, 2.75) is 12.5 Å². The summed E-state index contributed by atoms with van der Waals surface area (Å²) < 4.78 is 10.6. The van der Waals surface area contributed by atoms with Crippen molar-refractivity contribution in [3.8, 4) is 11.5 Å². The minimum Gasteiger partial charge on any atom is -0.497 e. The number of ether oxygens (including phenoxy) is 2. The highest BCUT2D eigenvalue weighted by atomic mass is 16.5. The van der Waals surface area contributed by atoms with Gasteiger partial charge in [0, 0.05) is 11.4 Å². The molecule has 0 radical (unpaired) electrons. The van der Waals surface area contributed by atoms with Gasteiger partial charge in [0.15, 0.2) is 0 Å². The molecular formula is C15H19NO3. The van der Waals surface area contributed by atoms with Gasteiger partial charge in [0.1, 0.15) is 11.5 Å². The molecule has 0 heterocycles. The fraction of sp³-hybridized carbons (Fsp3) is 0.333. The molecule has 0 saturated heterocycles. The summed E-state index contributed by atoms with van der Waals surface area (Å²) in [6, 6.07) is 9.49. The number of nitrogens with two attached hydrogens (primary N) is 1. The smallest absolute Gasteiger partial charge is 0.126 e. The number of hydrogen-bond donors (Lipinski definition) is 2. The quantitative estimate of drug-likeness (QED) is 0.860. The molecule has 0 aliphatic heterocycles. The highest BCUT2D eigenvalue weighted by Gasteiger charge is 2.10. The summed E-state index contributed by atoms with van der Waals surface area (Å²) >= 11 is 0. The second-order valence-electron chi connectivity index (χ2n) is 4.49. The van der Waals surface area contributed by atoms with Crippen molar-refractivity contribution in [2.24, 2.45) is 5.73 Å². The maximum Gasteiger partial charge on any atom is 0.126 e. The molecule has 4 nitrogen and oxygen atoms in total. The van der Waals surface area contributed by atoms with Gasteiger partial charge in [-0.3, -0.25) is 0 Å². The molecule has 19 heavy (non-hydrogen) atoms. The van der Waals surface area contributed by atoms with Crippen molar-refractivity contribution in [3.63, 3.8) is 0 Å². The summed E-state index contributed by atoms with van der Waals surface area (Å²) in [5, 5.41) is 11.2. The van der Waals surface area contributed by atoms with E-state index < -0.39 is 0 Å². The normalized spacial score (nSPS) is 12.4. The lowest BCUT2D eigenvalue weighted by Gasteiger charge is -2.14. The monoisotopic (exact) mass is 261 g/mol. The SMILES string of the molecule is COc1ccc2c(OC)ccc(CC(N)CO)c2c1. The second-order valence-corrected chi connectivity index (χ2v) is 4.49. The van der Waals surface area contributed by atoms with Gasteiger partial charge in [0.25, 0.3) is 0 Å². The van der Waals surface area contributed by atoms with Crippen molar-refractivity contribution < 1.29 is 14.6 Å². The number of fused-ring (bicyclic) bond motifs is 1. The third kappa shape index (κ3) is 2.80. The minimum atomic E-state index is -0.261. The summed E-state index contributed by atoms with van der Waals surface area (Å²) in [5.41, 5.74) is 6.90. The summed E-state index contributed by atoms with van der Waals surface area (Å²) in [4.78, 5) is 0. The zero-order chi connectivity index (χ0) is 13.8. The molecule has 1 unspecified atom stereocenters. The van der Waals surface area contributed by atoms with Crippen molar-refractivity contribution in [3.05, 3.63) is 35.9 Å². The van der Waals surface area contributed by atoms with Crippen LogP contribution in [0, 0.1) is 0 Å². The van der Waals surface area contributed by atoms with E-state index in [-0.39, 0.29) is 12.6 Å². The summed E-state index contributed by atoms with van der Waals surface area (Å²) in [5.74, 6) is 1.61. The molecular weight excluding hydrogens is 242 g/mol. The van der Waals surface area contributed by atoms with Crippen LogP contribution in [-0.4, -0.2) is 32.0 Å². The van der Waals surface area contributed by atoms with Crippen molar-refractivity contribution in [1.29, 1.82) is 0 Å². The minimum absolute atomic E-state index is 0.0303. The first-order valence-electron chi connectivity index (χ1n) is 6.19. The van der Waals surface area contributed by atoms with Crippen LogP contribution in [0.1, 0.15) is 5.56 Å². The van der Waals surface area contributed by atoms with E-state index in [1.54, 1.807) is 14.2 Å². The Kier molecular flexibility index (Phi) is 4.24. The van der Waals surface area contributed by atoms with Gasteiger partial charge < -0.3 is 20.3 Å². The van der Waals surface area contributed by atoms with Gasteiger partial charge >= 0.3 is 0 Å². The molecule has 0 aliphatic carbocycles. The summed E-state index contributed by atoms with van der Waals surface area (Å²) in [7, 11) is 3.29. The Morgan fingerprint density at radius 1 is 1.11 bits per heavy atom. The van der Waals surface area contributed by atoms with Gasteiger partial charge in [-0.1, -0.05) is 6.07 Å². The molecule has 0 amide bonds. The molecule has 0 fully saturated rings. The molecule has 0 bridgehead atoms. The first kappa shape index (κ1) is 13.6. The Morgan fingerprint density at radius 3 is 2.53 bits per heavy atom. The van der Waals surface area contributed by atoms with Crippen molar-refractivity contribution in [1.82, 2.24) is 0 Å². The zero-order valence-electron chi connectivity index (χ0n) is 11.2. The van der Waals surface area contributed by atoms with E-state index in [0.717, 1.165) is 27.8 Å². The van der Waals surface area contributed by atoms with Crippen molar-refractivity contribution >= 4 is 10.8 Å². The predicted molar refractivity (Wildman–Crippen MR) is 75.8 cm³/mol. The largest absolute Gasteiger partial charge is 0.497 e. The zero-order valence-corrected chi connectivity index (χ0v) is 11.2. The Balaban J connectivity index is 2.57. The molecule has 102 valence electrons. The maximum atomic E-state index is 9.10. The number of rotatable bonds is 5. The lowest BCUT2D eigenvalue weighted by atomic mass is 9.98. The Bertz CT molecular complexity index is 569. The fourth-order valence-electron chi connectivity index (χ4n) is 2.19. The lowest BCUT2D eigenvalue weighted by molar-refractivity contribution is 0.265. The fourth-order valence-corrected chi connectivity index (χ4v) is 2.19. The van der Waals surface area contributed by atoms with Crippen molar-refractivity contribution in [2.75, 3.05) is 20.8 Å². The van der Waals surface area contributed by atoms with E-state index in [9.17, 15) is 0 Å². The topological polar surface area (TPSA) is 64.7 Å². The van der Waals surface area contributed by atoms with Crippen LogP contribution in [0.15, 0.2) is 30.3 Å². The van der Waals surface area contributed by atoms with Crippen LogP contribution in [0.4, 0.5) is 0 Å². The van der Waals surface area contributed by atoms with Crippen LogP contribution >= 0.6 is 0 Å². The van der Waals surface area contributed by atoms with E-state index in [1.807, 2.05) is 30.3 Å². The Morgan fingerprint density at radius 2 is 1.89 bits per heavy atom. The predicted octanol–water partition coefficient (Wildman–Crippen LogP) is 1.72. The van der Waals surface area contributed by atoms with Gasteiger partial charge in [-0.25, -0.2) is 0 Å². The van der Waals surface area contributed by atoms with Gasteiger partial charge in [0.2, 0.25) is 0 Å². The molecule has 2 aromatic rings. The third-order valence-corrected chi connectivity index (χ3v) is 3.21. The van der Waals surface area contributed by atoms with Gasteiger partial charge in [-0.2, -0.15) is 0 Å². The first-order chi connectivity index (χ1) is 9.19. The van der Waals surface area contributed by atoms with Gasteiger partial charge in [0.05, 0.1) is 20.8 Å². The van der Waals surface area contributed by atoms with Crippen LogP contribution < -0.4 is 15.2 Å². The number of aliphatic hydroxyl groups excluding tert-OH is 1. The van der Waals surface area contributed by atoms with Crippen LogP contribution in [0.5, 0.6) is 11.5 Å². The number of benzene rings is 2. The molecule has 4 heteroatoms. The van der Waals surface area contributed by atoms with Crippen LogP contribution in [0.2, 0.25) is 0 Å². The first-order valence-corrected chi connectivity index (χ1v) is 6.19. The van der Waals surface area contributed by atoms with Gasteiger partial charge in [-0.05, 0) is 41.6 Å². The molecule has 0 aliphatic rings.